The van der Waals surface area contributed by atoms with Crippen LogP contribution in [-0.2, 0) is 11.2 Å². The fraction of sp³-hybridized carbons (Fsp3) is 0.364. The second-order valence-corrected chi connectivity index (χ2v) is 7.68. The molecule has 2 amide bonds. The van der Waals surface area contributed by atoms with Crippen LogP contribution in [0.3, 0.4) is 0 Å². The lowest BCUT2D eigenvalue weighted by molar-refractivity contribution is -0.131. The van der Waals surface area contributed by atoms with E-state index in [-0.39, 0.29) is 24.3 Å². The summed E-state index contributed by atoms with van der Waals surface area (Å²) in [6, 6.07) is 12.8. The number of fused-ring (bicyclic) bond motifs is 1. The van der Waals surface area contributed by atoms with Crippen LogP contribution < -0.4 is 14.8 Å². The van der Waals surface area contributed by atoms with Crippen LogP contribution in [0.5, 0.6) is 11.5 Å². The van der Waals surface area contributed by atoms with E-state index in [1.165, 1.54) is 0 Å². The third kappa shape index (κ3) is 4.65. The Labute approximate surface area is 174 Å². The van der Waals surface area contributed by atoms with Crippen molar-refractivity contribution in [3.63, 3.8) is 0 Å². The first-order valence-corrected chi connectivity index (χ1v) is 10.2. The molecule has 6 nitrogen and oxygen atoms in total. The van der Waals surface area contributed by atoms with E-state index < -0.39 is 0 Å². The molecule has 0 saturated carbocycles. The molecule has 0 aliphatic carbocycles. The second kappa shape index (κ2) is 8.74. The Morgan fingerprint density at radius 3 is 2.55 bits per heavy atom. The third-order valence-electron chi connectivity index (χ3n) is 5.23. The zero-order valence-electron chi connectivity index (χ0n) is 16.0. The molecule has 152 valence electrons. The zero-order valence-corrected chi connectivity index (χ0v) is 16.8. The second-order valence-electron chi connectivity index (χ2n) is 7.27. The summed E-state index contributed by atoms with van der Waals surface area (Å²) in [6.07, 6.45) is 1.75. The van der Waals surface area contributed by atoms with Gasteiger partial charge in [-0.1, -0.05) is 29.8 Å². The summed E-state index contributed by atoms with van der Waals surface area (Å²) in [5.41, 5.74) is 1.46. The van der Waals surface area contributed by atoms with Crippen molar-refractivity contribution < 1.29 is 19.1 Å². The fourth-order valence-electron chi connectivity index (χ4n) is 3.68. The van der Waals surface area contributed by atoms with Crippen molar-refractivity contribution in [3.05, 3.63) is 58.6 Å². The van der Waals surface area contributed by atoms with Crippen LogP contribution in [0, 0.1) is 0 Å². The first-order chi connectivity index (χ1) is 14.1. The number of halogens is 1. The summed E-state index contributed by atoms with van der Waals surface area (Å²) in [6.45, 7) is 2.19. The highest BCUT2D eigenvalue weighted by Gasteiger charge is 2.25. The minimum Gasteiger partial charge on any atom is -0.486 e. The molecule has 0 aromatic heterocycles. The van der Waals surface area contributed by atoms with Crippen LogP contribution in [-0.4, -0.2) is 49.1 Å². The Morgan fingerprint density at radius 2 is 1.79 bits per heavy atom. The number of ether oxygens (including phenoxy) is 2. The lowest BCUT2D eigenvalue weighted by Crippen LogP contribution is -2.47. The van der Waals surface area contributed by atoms with Gasteiger partial charge in [-0.3, -0.25) is 9.59 Å². The van der Waals surface area contributed by atoms with Gasteiger partial charge < -0.3 is 19.7 Å². The van der Waals surface area contributed by atoms with Gasteiger partial charge in [-0.2, -0.15) is 0 Å². The van der Waals surface area contributed by atoms with Gasteiger partial charge in [0.05, 0.1) is 11.4 Å². The van der Waals surface area contributed by atoms with Gasteiger partial charge in [0.15, 0.2) is 11.5 Å². The highest BCUT2D eigenvalue weighted by molar-refractivity contribution is 6.32. The monoisotopic (exact) mass is 414 g/mol. The summed E-state index contributed by atoms with van der Waals surface area (Å²) in [5, 5.41) is 3.53. The summed E-state index contributed by atoms with van der Waals surface area (Å²) in [5.74, 6) is 1.12. The molecule has 0 bridgehead atoms. The number of likely N-dealkylation sites (tertiary alicyclic amines) is 1. The van der Waals surface area contributed by atoms with Crippen LogP contribution in [0.15, 0.2) is 42.5 Å². The van der Waals surface area contributed by atoms with Gasteiger partial charge in [-0.15, -0.1) is 0 Å². The predicted octanol–water partition coefficient (Wildman–Crippen LogP) is 3.07. The van der Waals surface area contributed by atoms with Crippen LogP contribution in [0.2, 0.25) is 5.02 Å². The molecule has 2 aromatic rings. The number of rotatable bonds is 4. The van der Waals surface area contributed by atoms with Crippen molar-refractivity contribution in [2.45, 2.75) is 25.3 Å². The SMILES string of the molecule is O=C(NC1CCN(C(=O)Cc2cc(Cl)c3c(c2)OCCO3)CC1)c1ccccc1. The average molecular weight is 415 g/mol. The normalized spacial score (nSPS) is 16.4. The number of carbonyl (C=O) groups excluding carboxylic acids is 2. The Bertz CT molecular complexity index is 895. The van der Waals surface area contributed by atoms with Crippen molar-refractivity contribution in [1.82, 2.24) is 10.2 Å². The van der Waals surface area contributed by atoms with Crippen molar-refractivity contribution in [3.8, 4) is 11.5 Å². The largest absolute Gasteiger partial charge is 0.486 e. The molecule has 0 spiro atoms. The topological polar surface area (TPSA) is 67.9 Å². The maximum atomic E-state index is 12.7. The maximum absolute atomic E-state index is 12.7. The van der Waals surface area contributed by atoms with E-state index in [2.05, 4.69) is 5.32 Å². The van der Waals surface area contributed by atoms with E-state index in [1.807, 2.05) is 29.2 Å². The molecular formula is C22H23ClN2O4. The molecule has 0 unspecified atom stereocenters. The first kappa shape index (κ1) is 19.6. The molecule has 1 N–H and O–H groups in total. The number of nitrogens with zero attached hydrogens (tertiary/aromatic N) is 1. The van der Waals surface area contributed by atoms with E-state index in [1.54, 1.807) is 18.2 Å². The Balaban J connectivity index is 1.30. The van der Waals surface area contributed by atoms with E-state index in [4.69, 9.17) is 21.1 Å². The highest BCUT2D eigenvalue weighted by Crippen LogP contribution is 2.38. The predicted molar refractivity (Wildman–Crippen MR) is 110 cm³/mol. The van der Waals surface area contributed by atoms with Gasteiger partial charge in [0, 0.05) is 24.7 Å². The quantitative estimate of drug-likeness (QED) is 0.834. The fourth-order valence-corrected chi connectivity index (χ4v) is 3.97. The molecule has 2 aliphatic rings. The number of benzene rings is 2. The lowest BCUT2D eigenvalue weighted by Gasteiger charge is -2.32. The zero-order chi connectivity index (χ0) is 20.2. The minimum atomic E-state index is -0.0682. The maximum Gasteiger partial charge on any atom is 0.251 e. The third-order valence-corrected chi connectivity index (χ3v) is 5.51. The molecule has 0 atom stereocenters. The molecule has 1 saturated heterocycles. The Morgan fingerprint density at radius 1 is 1.07 bits per heavy atom. The van der Waals surface area contributed by atoms with Gasteiger partial charge in [0.1, 0.15) is 13.2 Å². The molecule has 0 radical (unpaired) electrons. The van der Waals surface area contributed by atoms with Gasteiger partial charge in [-0.05, 0) is 42.7 Å². The molecule has 2 aliphatic heterocycles. The van der Waals surface area contributed by atoms with Gasteiger partial charge in [-0.25, -0.2) is 0 Å². The minimum absolute atomic E-state index is 0.0468. The van der Waals surface area contributed by atoms with Crippen LogP contribution in [0.25, 0.3) is 0 Å². The average Bonchev–Trinajstić information content (AvgIpc) is 2.75. The number of carbonyl (C=O) groups is 2. The summed E-state index contributed by atoms with van der Waals surface area (Å²) in [7, 11) is 0. The van der Waals surface area contributed by atoms with Crippen LogP contribution in [0.4, 0.5) is 0 Å². The molecule has 2 aromatic carbocycles. The molecule has 29 heavy (non-hydrogen) atoms. The number of nitrogens with one attached hydrogen (secondary N) is 1. The number of piperidine rings is 1. The van der Waals surface area contributed by atoms with E-state index in [9.17, 15) is 9.59 Å². The van der Waals surface area contributed by atoms with Crippen LogP contribution in [0.1, 0.15) is 28.8 Å². The number of hydrogen-bond donors (Lipinski definition) is 1. The van der Waals surface area contributed by atoms with Gasteiger partial charge in [0.2, 0.25) is 5.91 Å². The van der Waals surface area contributed by atoms with E-state index in [0.717, 1.165) is 18.4 Å². The number of amides is 2. The standard InChI is InChI=1S/C22H23ClN2O4/c23-18-12-15(13-19-21(18)29-11-10-28-19)14-20(26)25-8-6-17(7-9-25)24-22(27)16-4-2-1-3-5-16/h1-5,12-13,17H,6-11,14H2,(H,24,27). The van der Waals surface area contributed by atoms with Crippen molar-refractivity contribution in [2.75, 3.05) is 26.3 Å². The molecule has 4 rings (SSSR count). The molecular weight excluding hydrogens is 392 g/mol. The van der Waals surface area contributed by atoms with E-state index in [0.29, 0.717) is 48.4 Å². The van der Waals surface area contributed by atoms with Crippen molar-refractivity contribution in [1.29, 1.82) is 0 Å². The lowest BCUT2D eigenvalue weighted by atomic mass is 10.0. The Kier molecular flexibility index (Phi) is 5.90. The highest BCUT2D eigenvalue weighted by atomic mass is 35.5. The van der Waals surface area contributed by atoms with Crippen molar-refractivity contribution >= 4 is 23.4 Å². The van der Waals surface area contributed by atoms with Crippen LogP contribution >= 0.6 is 11.6 Å². The molecule has 1 fully saturated rings. The van der Waals surface area contributed by atoms with Crippen molar-refractivity contribution in [2.24, 2.45) is 0 Å². The molecule has 2 heterocycles. The first-order valence-electron chi connectivity index (χ1n) is 9.82. The Hall–Kier alpha value is -2.73. The van der Waals surface area contributed by atoms with Gasteiger partial charge >= 0.3 is 0 Å². The molecule has 7 heteroatoms. The smallest absolute Gasteiger partial charge is 0.251 e. The van der Waals surface area contributed by atoms with Gasteiger partial charge in [0.25, 0.3) is 5.91 Å². The van der Waals surface area contributed by atoms with E-state index >= 15 is 0 Å². The number of hydrogen-bond acceptors (Lipinski definition) is 4. The summed E-state index contributed by atoms with van der Waals surface area (Å²) >= 11 is 6.26. The summed E-state index contributed by atoms with van der Waals surface area (Å²) < 4.78 is 11.1. The summed E-state index contributed by atoms with van der Waals surface area (Å²) in [4.78, 5) is 26.9.